The molecule has 0 atom stereocenters. The smallest absolute Gasteiger partial charge is 0.269 e. The van der Waals surface area contributed by atoms with Crippen LogP contribution in [0.15, 0.2) is 18.3 Å². The van der Waals surface area contributed by atoms with Crippen molar-refractivity contribution >= 4 is 17.5 Å². The highest BCUT2D eigenvalue weighted by molar-refractivity contribution is 6.18. The van der Waals surface area contributed by atoms with Gasteiger partial charge >= 0.3 is 0 Å². The van der Waals surface area contributed by atoms with Gasteiger partial charge in [0.05, 0.1) is 6.20 Å². The van der Waals surface area contributed by atoms with E-state index in [1.165, 1.54) is 18.6 Å². The van der Waals surface area contributed by atoms with E-state index in [0.29, 0.717) is 12.4 Å². The molecule has 1 aliphatic rings. The normalized spacial score (nSPS) is 18.0. The standard InChI is InChI=1S/C14H18ClFN2O/c15-9-14(6-2-1-3-7-14)10-18-13(19)12-5-4-11(16)8-17-12/h4-5,8H,1-3,6-7,9-10H2,(H,18,19). The van der Waals surface area contributed by atoms with Crippen molar-refractivity contribution in [2.45, 2.75) is 32.1 Å². The van der Waals surface area contributed by atoms with Crippen LogP contribution < -0.4 is 5.32 Å². The van der Waals surface area contributed by atoms with E-state index in [1.807, 2.05) is 0 Å². The van der Waals surface area contributed by atoms with Crippen molar-refractivity contribution < 1.29 is 9.18 Å². The van der Waals surface area contributed by atoms with Crippen molar-refractivity contribution in [2.24, 2.45) is 5.41 Å². The van der Waals surface area contributed by atoms with E-state index in [2.05, 4.69) is 10.3 Å². The zero-order valence-corrected chi connectivity index (χ0v) is 11.5. The van der Waals surface area contributed by atoms with Crippen molar-refractivity contribution in [3.63, 3.8) is 0 Å². The predicted molar refractivity (Wildman–Crippen MR) is 72.8 cm³/mol. The van der Waals surface area contributed by atoms with Gasteiger partial charge in [-0.1, -0.05) is 19.3 Å². The van der Waals surface area contributed by atoms with Crippen molar-refractivity contribution in [1.29, 1.82) is 0 Å². The lowest BCUT2D eigenvalue weighted by molar-refractivity contribution is 0.0916. The number of rotatable bonds is 4. The molecule has 1 aromatic rings. The number of hydrogen-bond acceptors (Lipinski definition) is 2. The number of alkyl halides is 1. The number of halogens is 2. The molecule has 1 aliphatic carbocycles. The third-order valence-corrected chi connectivity index (χ3v) is 4.35. The van der Waals surface area contributed by atoms with Crippen molar-refractivity contribution in [3.05, 3.63) is 29.8 Å². The fraction of sp³-hybridized carbons (Fsp3) is 0.571. The van der Waals surface area contributed by atoms with Crippen LogP contribution in [0.2, 0.25) is 0 Å². The minimum atomic E-state index is -0.443. The molecule has 0 unspecified atom stereocenters. The first kappa shape index (κ1) is 14.3. The van der Waals surface area contributed by atoms with Crippen LogP contribution in [0.4, 0.5) is 4.39 Å². The summed E-state index contributed by atoms with van der Waals surface area (Å²) in [5, 5.41) is 2.87. The summed E-state index contributed by atoms with van der Waals surface area (Å²) in [6, 6.07) is 2.62. The molecule has 1 fully saturated rings. The van der Waals surface area contributed by atoms with Gasteiger partial charge in [0.1, 0.15) is 11.5 Å². The first-order valence-corrected chi connectivity index (χ1v) is 7.14. The Bertz CT molecular complexity index is 430. The lowest BCUT2D eigenvalue weighted by Gasteiger charge is -2.35. The van der Waals surface area contributed by atoms with Gasteiger partial charge in [-0.2, -0.15) is 0 Å². The molecule has 19 heavy (non-hydrogen) atoms. The Hall–Kier alpha value is -1.16. The maximum absolute atomic E-state index is 12.7. The maximum Gasteiger partial charge on any atom is 0.269 e. The van der Waals surface area contributed by atoms with Crippen molar-refractivity contribution in [1.82, 2.24) is 10.3 Å². The highest BCUT2D eigenvalue weighted by Gasteiger charge is 2.31. The van der Waals surface area contributed by atoms with Crippen molar-refractivity contribution in [3.8, 4) is 0 Å². The van der Waals surface area contributed by atoms with Crippen LogP contribution in [-0.2, 0) is 0 Å². The molecule has 0 aromatic carbocycles. The fourth-order valence-corrected chi connectivity index (χ4v) is 2.89. The minimum absolute atomic E-state index is 0.00942. The molecular formula is C14H18ClFN2O. The van der Waals surface area contributed by atoms with Gasteiger partial charge in [0, 0.05) is 17.8 Å². The number of pyridine rings is 1. The van der Waals surface area contributed by atoms with Gasteiger partial charge in [0.2, 0.25) is 0 Å². The number of carbonyl (C=O) groups is 1. The van der Waals surface area contributed by atoms with E-state index in [4.69, 9.17) is 11.6 Å². The Balaban J connectivity index is 1.93. The van der Waals surface area contributed by atoms with E-state index in [-0.39, 0.29) is 17.0 Å². The van der Waals surface area contributed by atoms with Gasteiger partial charge in [-0.3, -0.25) is 4.79 Å². The molecule has 1 saturated carbocycles. The molecule has 0 aliphatic heterocycles. The van der Waals surface area contributed by atoms with Crippen LogP contribution in [0.3, 0.4) is 0 Å². The van der Waals surface area contributed by atoms with Crippen LogP contribution in [0.1, 0.15) is 42.6 Å². The Labute approximate surface area is 117 Å². The van der Waals surface area contributed by atoms with Crippen LogP contribution in [0.5, 0.6) is 0 Å². The second-order valence-corrected chi connectivity index (χ2v) is 5.51. The lowest BCUT2D eigenvalue weighted by atomic mass is 9.75. The van der Waals surface area contributed by atoms with Gasteiger partial charge in [0.25, 0.3) is 5.91 Å². The maximum atomic E-state index is 12.7. The summed E-state index contributed by atoms with van der Waals surface area (Å²) in [6.07, 6.45) is 6.72. The predicted octanol–water partition coefficient (Wildman–Crippen LogP) is 3.14. The highest BCUT2D eigenvalue weighted by atomic mass is 35.5. The van der Waals surface area contributed by atoms with E-state index < -0.39 is 5.82 Å². The average Bonchev–Trinajstić information content (AvgIpc) is 2.46. The molecule has 1 aromatic heterocycles. The highest BCUT2D eigenvalue weighted by Crippen LogP contribution is 2.36. The topological polar surface area (TPSA) is 42.0 Å². The zero-order valence-electron chi connectivity index (χ0n) is 10.8. The number of hydrogen-bond donors (Lipinski definition) is 1. The molecule has 3 nitrogen and oxygen atoms in total. The first-order chi connectivity index (χ1) is 9.15. The van der Waals surface area contributed by atoms with E-state index in [0.717, 1.165) is 31.9 Å². The third kappa shape index (κ3) is 3.66. The van der Waals surface area contributed by atoms with Gasteiger partial charge in [-0.25, -0.2) is 9.37 Å². The summed E-state index contributed by atoms with van der Waals surface area (Å²) in [5.41, 5.74) is 0.247. The second kappa shape index (κ2) is 6.33. The van der Waals surface area contributed by atoms with E-state index in [1.54, 1.807) is 0 Å². The molecular weight excluding hydrogens is 267 g/mol. The average molecular weight is 285 g/mol. The van der Waals surface area contributed by atoms with E-state index in [9.17, 15) is 9.18 Å². The summed E-state index contributed by atoms with van der Waals surface area (Å²) in [7, 11) is 0. The fourth-order valence-electron chi connectivity index (χ4n) is 2.53. The van der Waals surface area contributed by atoms with Crippen LogP contribution in [0.25, 0.3) is 0 Å². The molecule has 1 N–H and O–H groups in total. The molecule has 1 amide bonds. The Morgan fingerprint density at radius 1 is 1.37 bits per heavy atom. The Morgan fingerprint density at radius 3 is 2.68 bits per heavy atom. The Kier molecular flexibility index (Phi) is 4.75. The number of amides is 1. The first-order valence-electron chi connectivity index (χ1n) is 6.61. The number of aromatic nitrogens is 1. The lowest BCUT2D eigenvalue weighted by Crippen LogP contribution is -2.40. The van der Waals surface area contributed by atoms with Crippen LogP contribution in [0, 0.1) is 11.2 Å². The monoisotopic (exact) mass is 284 g/mol. The zero-order chi connectivity index (χ0) is 13.7. The van der Waals surface area contributed by atoms with E-state index >= 15 is 0 Å². The number of nitrogens with one attached hydrogen (secondary N) is 1. The molecule has 0 bridgehead atoms. The molecule has 104 valence electrons. The largest absolute Gasteiger partial charge is 0.350 e. The van der Waals surface area contributed by atoms with Crippen LogP contribution in [-0.4, -0.2) is 23.3 Å². The van der Waals surface area contributed by atoms with Gasteiger partial charge in [0.15, 0.2) is 0 Å². The molecule has 0 saturated heterocycles. The second-order valence-electron chi connectivity index (χ2n) is 5.24. The van der Waals surface area contributed by atoms with Crippen LogP contribution >= 0.6 is 11.6 Å². The quantitative estimate of drug-likeness (QED) is 0.863. The molecule has 0 spiro atoms. The summed E-state index contributed by atoms with van der Waals surface area (Å²) < 4.78 is 12.7. The summed E-state index contributed by atoms with van der Waals surface area (Å²) in [4.78, 5) is 15.7. The minimum Gasteiger partial charge on any atom is -0.350 e. The summed E-state index contributed by atoms with van der Waals surface area (Å²) in [5.74, 6) is -0.152. The number of nitrogens with zero attached hydrogens (tertiary/aromatic N) is 1. The number of carbonyl (C=O) groups excluding carboxylic acids is 1. The SMILES string of the molecule is O=C(NCC1(CCl)CCCCC1)c1ccc(F)cn1. The summed E-state index contributed by atoms with van der Waals surface area (Å²) >= 11 is 6.07. The molecule has 2 rings (SSSR count). The van der Waals surface area contributed by atoms with Gasteiger partial charge in [-0.05, 0) is 25.0 Å². The van der Waals surface area contributed by atoms with Gasteiger partial charge < -0.3 is 5.32 Å². The van der Waals surface area contributed by atoms with Crippen molar-refractivity contribution in [2.75, 3.05) is 12.4 Å². The summed E-state index contributed by atoms with van der Waals surface area (Å²) in [6.45, 7) is 0.564. The molecule has 1 heterocycles. The Morgan fingerprint density at radius 2 is 2.11 bits per heavy atom. The molecule has 0 radical (unpaired) electrons. The molecule has 5 heteroatoms. The third-order valence-electron chi connectivity index (χ3n) is 3.78. The van der Waals surface area contributed by atoms with Gasteiger partial charge in [-0.15, -0.1) is 11.6 Å².